The molecule has 3 nitrogen and oxygen atoms in total. The van der Waals surface area contributed by atoms with Gasteiger partial charge in [0.15, 0.2) is 0 Å². The first-order valence-electron chi connectivity index (χ1n) is 5.71. The van der Waals surface area contributed by atoms with E-state index in [0.29, 0.717) is 0 Å². The Labute approximate surface area is 125 Å². The first-order chi connectivity index (χ1) is 9.79. The molecule has 0 atom stereocenters. The number of halogens is 3. The molecule has 110 valence electrons. The second-order valence-corrected chi connectivity index (χ2v) is 4.36. The highest BCUT2D eigenvalue weighted by atomic mass is 32.1. The smallest absolute Gasteiger partial charge is 0.416 e. The maximum Gasteiger partial charge on any atom is 0.416 e. The number of aliphatic hydroxyl groups excluding tert-OH is 1. The normalized spacial score (nSPS) is 12.1. The number of thiocarbonyl (C=S) groups is 1. The van der Waals surface area contributed by atoms with E-state index in [9.17, 15) is 18.3 Å². The SMILES string of the molecule is C=CCC(O)=C(C#N)C(=S)Nc1ccc(C(F)(F)F)cc1. The van der Waals surface area contributed by atoms with Gasteiger partial charge in [-0.15, -0.1) is 6.58 Å². The molecule has 0 fully saturated rings. The monoisotopic (exact) mass is 312 g/mol. The van der Waals surface area contributed by atoms with Crippen LogP contribution in [0.2, 0.25) is 0 Å². The summed E-state index contributed by atoms with van der Waals surface area (Å²) < 4.78 is 37.2. The van der Waals surface area contributed by atoms with E-state index < -0.39 is 11.7 Å². The molecule has 21 heavy (non-hydrogen) atoms. The molecular weight excluding hydrogens is 301 g/mol. The van der Waals surface area contributed by atoms with Crippen LogP contribution >= 0.6 is 12.2 Å². The first-order valence-corrected chi connectivity index (χ1v) is 6.12. The topological polar surface area (TPSA) is 56.0 Å². The van der Waals surface area contributed by atoms with Gasteiger partial charge < -0.3 is 10.4 Å². The number of alkyl halides is 3. The molecule has 0 aromatic heterocycles. The van der Waals surface area contributed by atoms with Crippen LogP contribution in [-0.2, 0) is 6.18 Å². The number of allylic oxidation sites excluding steroid dienone is 1. The Morgan fingerprint density at radius 1 is 1.38 bits per heavy atom. The summed E-state index contributed by atoms with van der Waals surface area (Å²) in [4.78, 5) is -0.0726. The Bertz CT molecular complexity index is 613. The Balaban J connectivity index is 2.91. The van der Waals surface area contributed by atoms with E-state index in [1.165, 1.54) is 18.2 Å². The molecule has 0 amide bonds. The fourth-order valence-corrected chi connectivity index (χ4v) is 1.70. The van der Waals surface area contributed by atoms with Gasteiger partial charge in [-0.25, -0.2) is 0 Å². The highest BCUT2D eigenvalue weighted by Gasteiger charge is 2.29. The van der Waals surface area contributed by atoms with Gasteiger partial charge in [0.1, 0.15) is 22.4 Å². The number of aliphatic hydroxyl groups is 1. The minimum atomic E-state index is -4.42. The Kier molecular flexibility index (Phi) is 5.50. The maximum absolute atomic E-state index is 12.4. The Morgan fingerprint density at radius 2 is 1.95 bits per heavy atom. The van der Waals surface area contributed by atoms with Crippen LogP contribution in [0.5, 0.6) is 0 Å². The van der Waals surface area contributed by atoms with Gasteiger partial charge in [0.2, 0.25) is 0 Å². The molecule has 0 saturated heterocycles. The number of nitrogens with zero attached hydrogens (tertiary/aromatic N) is 1. The summed E-state index contributed by atoms with van der Waals surface area (Å²) in [5, 5.41) is 21.2. The summed E-state index contributed by atoms with van der Waals surface area (Å²) in [6.07, 6.45) is -2.95. The predicted octanol–water partition coefficient (Wildman–Crippen LogP) is 4.36. The van der Waals surface area contributed by atoms with E-state index in [0.717, 1.165) is 12.1 Å². The van der Waals surface area contributed by atoms with E-state index >= 15 is 0 Å². The molecule has 7 heteroatoms. The summed E-state index contributed by atoms with van der Waals surface area (Å²) in [6.45, 7) is 3.42. The van der Waals surface area contributed by atoms with Crippen molar-refractivity contribution >= 4 is 22.9 Å². The van der Waals surface area contributed by atoms with Crippen molar-refractivity contribution in [3.8, 4) is 6.07 Å². The highest BCUT2D eigenvalue weighted by Crippen LogP contribution is 2.29. The molecule has 1 aromatic carbocycles. The van der Waals surface area contributed by atoms with Gasteiger partial charge in [-0.05, 0) is 24.3 Å². The van der Waals surface area contributed by atoms with Crippen molar-refractivity contribution < 1.29 is 18.3 Å². The van der Waals surface area contributed by atoms with E-state index in [1.807, 2.05) is 0 Å². The molecule has 2 N–H and O–H groups in total. The maximum atomic E-state index is 12.4. The molecule has 0 radical (unpaired) electrons. The summed E-state index contributed by atoms with van der Waals surface area (Å²) in [5.74, 6) is -0.253. The molecule has 1 rings (SSSR count). The number of hydrogen-bond donors (Lipinski definition) is 2. The van der Waals surface area contributed by atoms with E-state index in [1.54, 1.807) is 6.07 Å². The number of nitriles is 1. The Morgan fingerprint density at radius 3 is 2.38 bits per heavy atom. The van der Waals surface area contributed by atoms with Gasteiger partial charge in [-0.1, -0.05) is 18.3 Å². The number of nitrogens with one attached hydrogen (secondary N) is 1. The minimum Gasteiger partial charge on any atom is -0.510 e. The third-order valence-electron chi connectivity index (χ3n) is 2.44. The molecule has 0 bridgehead atoms. The highest BCUT2D eigenvalue weighted by molar-refractivity contribution is 7.81. The van der Waals surface area contributed by atoms with Crippen molar-refractivity contribution in [1.29, 1.82) is 5.26 Å². The van der Waals surface area contributed by atoms with Crippen molar-refractivity contribution in [2.45, 2.75) is 12.6 Å². The van der Waals surface area contributed by atoms with Crippen LogP contribution in [0.25, 0.3) is 0 Å². The van der Waals surface area contributed by atoms with Crippen LogP contribution < -0.4 is 5.32 Å². The van der Waals surface area contributed by atoms with Crippen LogP contribution in [0.4, 0.5) is 18.9 Å². The average molecular weight is 312 g/mol. The van der Waals surface area contributed by atoms with Crippen molar-refractivity contribution in [3.63, 3.8) is 0 Å². The second kappa shape index (κ2) is 6.90. The molecule has 1 aromatic rings. The fraction of sp³-hybridized carbons (Fsp3) is 0.143. The molecule has 0 spiro atoms. The van der Waals surface area contributed by atoms with Gasteiger partial charge >= 0.3 is 6.18 Å². The third-order valence-corrected chi connectivity index (χ3v) is 2.74. The quantitative estimate of drug-likeness (QED) is 0.285. The van der Waals surface area contributed by atoms with Crippen molar-refractivity contribution in [1.82, 2.24) is 0 Å². The standard InChI is InChI=1S/C14H11F3N2OS/c1-2-3-12(20)11(8-18)13(21)19-10-6-4-9(5-7-10)14(15,16)17/h2,4-7,20H,1,3H2,(H,19,21). The minimum absolute atomic E-state index is 0.0672. The summed E-state index contributed by atoms with van der Waals surface area (Å²) in [6, 6.07) is 5.91. The van der Waals surface area contributed by atoms with Crippen molar-refractivity contribution in [2.75, 3.05) is 5.32 Å². The lowest BCUT2D eigenvalue weighted by Gasteiger charge is -2.10. The second-order valence-electron chi connectivity index (χ2n) is 3.96. The average Bonchev–Trinajstić information content (AvgIpc) is 2.39. The summed E-state index contributed by atoms with van der Waals surface area (Å²) in [5.41, 5.74) is -0.651. The zero-order valence-electron chi connectivity index (χ0n) is 10.7. The number of anilines is 1. The molecular formula is C14H11F3N2OS. The lowest BCUT2D eigenvalue weighted by atomic mass is 10.1. The van der Waals surface area contributed by atoms with Gasteiger partial charge in [0.25, 0.3) is 0 Å². The van der Waals surface area contributed by atoms with Crippen LogP contribution in [0.3, 0.4) is 0 Å². The van der Waals surface area contributed by atoms with E-state index in [-0.39, 0.29) is 28.4 Å². The molecule has 0 heterocycles. The predicted molar refractivity (Wildman–Crippen MR) is 77.7 cm³/mol. The summed E-state index contributed by atoms with van der Waals surface area (Å²) in [7, 11) is 0. The number of hydrogen-bond acceptors (Lipinski definition) is 3. The van der Waals surface area contributed by atoms with E-state index in [4.69, 9.17) is 17.5 Å². The first kappa shape index (κ1) is 16.7. The lowest BCUT2D eigenvalue weighted by molar-refractivity contribution is -0.137. The molecule has 0 unspecified atom stereocenters. The van der Waals surface area contributed by atoms with Gasteiger partial charge in [0.05, 0.1) is 5.56 Å². The van der Waals surface area contributed by atoms with Gasteiger partial charge in [-0.2, -0.15) is 18.4 Å². The van der Waals surface area contributed by atoms with Crippen LogP contribution in [0, 0.1) is 11.3 Å². The van der Waals surface area contributed by atoms with Crippen LogP contribution in [0.15, 0.2) is 48.3 Å². The van der Waals surface area contributed by atoms with Gasteiger partial charge in [0, 0.05) is 12.1 Å². The van der Waals surface area contributed by atoms with Crippen LogP contribution in [-0.4, -0.2) is 10.1 Å². The molecule has 0 saturated carbocycles. The number of rotatable bonds is 4. The Hall–Kier alpha value is -2.33. The van der Waals surface area contributed by atoms with Crippen molar-refractivity contribution in [2.24, 2.45) is 0 Å². The zero-order chi connectivity index (χ0) is 16.0. The van der Waals surface area contributed by atoms with Gasteiger partial charge in [-0.3, -0.25) is 0 Å². The van der Waals surface area contributed by atoms with Crippen molar-refractivity contribution in [3.05, 3.63) is 53.8 Å². The fourth-order valence-electron chi connectivity index (χ4n) is 1.42. The number of benzene rings is 1. The third kappa shape index (κ3) is 4.61. The molecule has 0 aliphatic heterocycles. The van der Waals surface area contributed by atoms with Crippen LogP contribution in [0.1, 0.15) is 12.0 Å². The largest absolute Gasteiger partial charge is 0.510 e. The molecule has 0 aliphatic rings. The lowest BCUT2D eigenvalue weighted by Crippen LogP contribution is -2.13. The van der Waals surface area contributed by atoms with E-state index in [2.05, 4.69) is 11.9 Å². The summed E-state index contributed by atoms with van der Waals surface area (Å²) >= 11 is 4.95. The molecule has 0 aliphatic carbocycles. The zero-order valence-corrected chi connectivity index (χ0v) is 11.6.